The number of ether oxygens (including phenoxy) is 1. The number of likely N-dealkylation sites (N-methyl/N-ethyl adjacent to an activating group) is 1. The van der Waals surface area contributed by atoms with E-state index in [2.05, 4.69) is 26.2 Å². The van der Waals surface area contributed by atoms with Gasteiger partial charge in [0.25, 0.3) is 10.0 Å². The van der Waals surface area contributed by atoms with Crippen LogP contribution < -0.4 is 10.1 Å². The van der Waals surface area contributed by atoms with Gasteiger partial charge in [-0.3, -0.25) is 4.79 Å². The number of amides is 1. The highest BCUT2D eigenvalue weighted by molar-refractivity contribution is 9.11. The lowest BCUT2D eigenvalue weighted by Crippen LogP contribution is -2.37. The van der Waals surface area contributed by atoms with Crippen LogP contribution in [0.2, 0.25) is 0 Å². The number of nitrogens with one attached hydrogen (secondary N) is 1. The van der Waals surface area contributed by atoms with Gasteiger partial charge in [-0.1, -0.05) is 24.3 Å². The molecule has 0 saturated heterocycles. The van der Waals surface area contributed by atoms with E-state index in [1.807, 2.05) is 0 Å². The quantitative estimate of drug-likeness (QED) is 0.704. The molecule has 0 bridgehead atoms. The first kappa shape index (κ1) is 19.8. The molecule has 0 aliphatic rings. The lowest BCUT2D eigenvalue weighted by molar-refractivity contribution is -0.116. The molecule has 0 fully saturated rings. The van der Waals surface area contributed by atoms with Crippen molar-refractivity contribution in [3.8, 4) is 5.75 Å². The van der Waals surface area contributed by atoms with E-state index in [0.29, 0.717) is 20.9 Å². The van der Waals surface area contributed by atoms with E-state index in [0.717, 1.165) is 15.6 Å². The molecule has 1 N–H and O–H groups in total. The molecule has 0 aliphatic heterocycles. The van der Waals surface area contributed by atoms with Crippen molar-refractivity contribution in [1.82, 2.24) is 9.29 Å². The Kier molecular flexibility index (Phi) is 6.55. The number of halogens is 1. The summed E-state index contributed by atoms with van der Waals surface area (Å²) in [5.41, 5.74) is 1.13. The van der Waals surface area contributed by atoms with Crippen molar-refractivity contribution in [1.29, 1.82) is 0 Å². The van der Waals surface area contributed by atoms with Gasteiger partial charge in [-0.05, 0) is 35.0 Å². The Balaban J connectivity index is 2.13. The van der Waals surface area contributed by atoms with Gasteiger partial charge in [0.15, 0.2) is 0 Å². The molecule has 1 amide bonds. The second kappa shape index (κ2) is 8.26. The minimum absolute atomic E-state index is 0.0343. The number of carbonyl (C=O) groups excluding carboxylic acids is 1. The van der Waals surface area contributed by atoms with Gasteiger partial charge in [0.2, 0.25) is 10.2 Å². The lowest BCUT2D eigenvalue weighted by Gasteiger charge is -2.18. The van der Waals surface area contributed by atoms with Crippen LogP contribution >= 0.6 is 27.3 Å². The molecule has 0 aliphatic carbocycles. The maximum absolute atomic E-state index is 12.7. The number of aromatic nitrogens is 1. The number of methoxy groups -OCH3 is 1. The van der Waals surface area contributed by atoms with E-state index in [-0.39, 0.29) is 17.4 Å². The third-order valence-electron chi connectivity index (χ3n) is 3.31. The van der Waals surface area contributed by atoms with Crippen LogP contribution in [0.5, 0.6) is 5.75 Å². The normalized spacial score (nSPS) is 11.6. The van der Waals surface area contributed by atoms with E-state index >= 15 is 0 Å². The Bertz CT molecular complexity index is 848. The van der Waals surface area contributed by atoms with Gasteiger partial charge in [0, 0.05) is 18.3 Å². The molecule has 1 aromatic heterocycles. The summed E-state index contributed by atoms with van der Waals surface area (Å²) in [4.78, 5) is 16.3. The Morgan fingerprint density at radius 2 is 2.16 bits per heavy atom. The van der Waals surface area contributed by atoms with Gasteiger partial charge in [-0.15, -0.1) is 0 Å². The minimum Gasteiger partial charge on any atom is -0.497 e. The van der Waals surface area contributed by atoms with E-state index in [1.54, 1.807) is 38.1 Å². The topological polar surface area (TPSA) is 88.6 Å². The van der Waals surface area contributed by atoms with Crippen LogP contribution in [0.25, 0.3) is 0 Å². The summed E-state index contributed by atoms with van der Waals surface area (Å²) in [5, 5.41) is 2.67. The maximum Gasteiger partial charge on any atom is 0.270 e. The van der Waals surface area contributed by atoms with Gasteiger partial charge in [-0.25, -0.2) is 13.4 Å². The van der Waals surface area contributed by atoms with Gasteiger partial charge < -0.3 is 10.1 Å². The zero-order valence-corrected chi connectivity index (χ0v) is 17.2. The molecule has 1 heterocycles. The fourth-order valence-corrected chi connectivity index (χ4v) is 5.49. The van der Waals surface area contributed by atoms with Crippen molar-refractivity contribution in [2.24, 2.45) is 0 Å². The van der Waals surface area contributed by atoms with Gasteiger partial charge in [0.05, 0.1) is 23.1 Å². The number of nitrogens with zero attached hydrogens (tertiary/aromatic N) is 2. The largest absolute Gasteiger partial charge is 0.497 e. The first-order valence-corrected chi connectivity index (χ1v) is 10.4. The second-order valence-corrected chi connectivity index (χ2v) is 9.48. The average Bonchev–Trinajstić information content (AvgIpc) is 2.92. The zero-order chi connectivity index (χ0) is 18.6. The summed E-state index contributed by atoms with van der Waals surface area (Å²) in [6, 6.07) is 6.84. The van der Waals surface area contributed by atoms with E-state index in [4.69, 9.17) is 4.74 Å². The van der Waals surface area contributed by atoms with Crippen LogP contribution in [0.3, 0.4) is 0 Å². The number of carbonyl (C=O) groups is 1. The van der Waals surface area contributed by atoms with Crippen molar-refractivity contribution in [3.63, 3.8) is 0 Å². The van der Waals surface area contributed by atoms with Gasteiger partial charge in [0.1, 0.15) is 5.75 Å². The molecule has 0 unspecified atom stereocenters. The molecular formula is C15H18BrN3O4S2. The molecule has 10 heteroatoms. The van der Waals surface area contributed by atoms with Crippen LogP contribution in [0.1, 0.15) is 12.6 Å². The predicted octanol–water partition coefficient (Wildman–Crippen LogP) is 2.87. The van der Waals surface area contributed by atoms with Gasteiger partial charge in [-0.2, -0.15) is 4.31 Å². The second-order valence-electron chi connectivity index (χ2n) is 5.05. The molecule has 1 aromatic carbocycles. The predicted molar refractivity (Wildman–Crippen MR) is 101 cm³/mol. The van der Waals surface area contributed by atoms with Crippen LogP contribution in [-0.2, 0) is 14.8 Å². The summed E-state index contributed by atoms with van der Waals surface area (Å²) in [5.74, 6) is 0.159. The average molecular weight is 448 g/mol. The molecule has 0 saturated carbocycles. The number of thiazole rings is 1. The summed E-state index contributed by atoms with van der Waals surface area (Å²) in [6.07, 6.45) is 0. The standard InChI is InChI=1S/C15H18BrN3O4S2/c1-4-19(25(21,22)15-17-10(2)14(16)24-15)9-13(20)18-11-6-5-7-12(8-11)23-3/h5-8H,4,9H2,1-3H3,(H,18,20). The smallest absolute Gasteiger partial charge is 0.270 e. The fourth-order valence-electron chi connectivity index (χ4n) is 2.00. The van der Waals surface area contributed by atoms with Gasteiger partial charge >= 0.3 is 0 Å². The highest BCUT2D eigenvalue weighted by Crippen LogP contribution is 2.29. The third kappa shape index (κ3) is 4.78. The number of hydrogen-bond acceptors (Lipinski definition) is 6. The Morgan fingerprint density at radius 1 is 1.44 bits per heavy atom. The molecule has 7 nitrogen and oxygen atoms in total. The molecule has 0 radical (unpaired) electrons. The number of anilines is 1. The monoisotopic (exact) mass is 447 g/mol. The van der Waals surface area contributed by atoms with Crippen molar-refractivity contribution in [2.75, 3.05) is 25.5 Å². The third-order valence-corrected chi connectivity index (χ3v) is 7.59. The number of hydrogen-bond donors (Lipinski definition) is 1. The zero-order valence-electron chi connectivity index (χ0n) is 13.9. The summed E-state index contributed by atoms with van der Waals surface area (Å²) < 4.78 is 32.1. The summed E-state index contributed by atoms with van der Waals surface area (Å²) in [7, 11) is -2.30. The first-order valence-electron chi connectivity index (χ1n) is 7.35. The van der Waals surface area contributed by atoms with Crippen LogP contribution in [0.15, 0.2) is 32.4 Å². The number of rotatable bonds is 7. The Labute approximate surface area is 159 Å². The van der Waals surface area contributed by atoms with E-state index in [1.165, 1.54) is 7.11 Å². The van der Waals surface area contributed by atoms with E-state index in [9.17, 15) is 13.2 Å². The molecule has 2 aromatic rings. The number of aryl methyl sites for hydroxylation is 1. The van der Waals surface area contributed by atoms with E-state index < -0.39 is 15.9 Å². The van der Waals surface area contributed by atoms with Crippen molar-refractivity contribution < 1.29 is 17.9 Å². The lowest BCUT2D eigenvalue weighted by atomic mass is 10.3. The number of sulfonamides is 1. The fraction of sp³-hybridized carbons (Fsp3) is 0.333. The SMILES string of the molecule is CCN(CC(=O)Nc1cccc(OC)c1)S(=O)(=O)c1nc(C)c(Br)s1. The highest BCUT2D eigenvalue weighted by Gasteiger charge is 2.29. The minimum atomic E-state index is -3.83. The van der Waals surface area contributed by atoms with Crippen LogP contribution in [0.4, 0.5) is 5.69 Å². The van der Waals surface area contributed by atoms with Crippen molar-refractivity contribution in [2.45, 2.75) is 18.2 Å². The van der Waals surface area contributed by atoms with Crippen molar-refractivity contribution in [3.05, 3.63) is 33.7 Å². The molecule has 136 valence electrons. The first-order chi connectivity index (χ1) is 11.8. The summed E-state index contributed by atoms with van der Waals surface area (Å²) >= 11 is 4.30. The van der Waals surface area contributed by atoms with Crippen molar-refractivity contribution >= 4 is 48.9 Å². The van der Waals surface area contributed by atoms with Crippen LogP contribution in [-0.4, -0.2) is 43.8 Å². The highest BCUT2D eigenvalue weighted by atomic mass is 79.9. The Hall–Kier alpha value is -1.49. The molecule has 2 rings (SSSR count). The maximum atomic E-state index is 12.7. The molecule has 0 spiro atoms. The summed E-state index contributed by atoms with van der Waals surface area (Å²) in [6.45, 7) is 3.24. The number of benzene rings is 1. The molecule has 25 heavy (non-hydrogen) atoms. The Morgan fingerprint density at radius 3 is 2.72 bits per heavy atom. The molecular weight excluding hydrogens is 430 g/mol. The van der Waals surface area contributed by atoms with Crippen LogP contribution in [0, 0.1) is 6.92 Å². The molecule has 0 atom stereocenters.